The fourth-order valence-electron chi connectivity index (χ4n) is 2.06. The van der Waals surface area contributed by atoms with Crippen LogP contribution in [0.3, 0.4) is 0 Å². The summed E-state index contributed by atoms with van der Waals surface area (Å²) in [6.07, 6.45) is 0. The standard InChI is InChI=1S/C17H20FNS/c1-11-8-9-12(2)16(10-11)20-17-14(13(3)19-4)6-5-7-15(17)18/h5-10,13,19H,1-4H3. The van der Waals surface area contributed by atoms with Gasteiger partial charge in [0.1, 0.15) is 5.82 Å². The lowest BCUT2D eigenvalue weighted by atomic mass is 10.1. The van der Waals surface area contributed by atoms with Gasteiger partial charge in [0.05, 0.1) is 4.90 Å². The van der Waals surface area contributed by atoms with E-state index in [9.17, 15) is 4.39 Å². The van der Waals surface area contributed by atoms with Crippen LogP contribution < -0.4 is 5.32 Å². The van der Waals surface area contributed by atoms with E-state index in [-0.39, 0.29) is 11.9 Å². The molecule has 0 amide bonds. The highest BCUT2D eigenvalue weighted by Crippen LogP contribution is 2.37. The lowest BCUT2D eigenvalue weighted by Gasteiger charge is -2.17. The summed E-state index contributed by atoms with van der Waals surface area (Å²) in [5.41, 5.74) is 3.36. The Morgan fingerprint density at radius 1 is 1.15 bits per heavy atom. The maximum Gasteiger partial charge on any atom is 0.137 e. The molecule has 1 nitrogen and oxygen atoms in total. The summed E-state index contributed by atoms with van der Waals surface area (Å²) in [4.78, 5) is 1.82. The van der Waals surface area contributed by atoms with E-state index < -0.39 is 0 Å². The van der Waals surface area contributed by atoms with Crippen molar-refractivity contribution in [1.29, 1.82) is 0 Å². The summed E-state index contributed by atoms with van der Waals surface area (Å²) in [6.45, 7) is 6.16. The lowest BCUT2D eigenvalue weighted by Crippen LogP contribution is -2.13. The molecule has 106 valence electrons. The van der Waals surface area contributed by atoms with Crippen LogP contribution in [0.1, 0.15) is 29.7 Å². The summed E-state index contributed by atoms with van der Waals surface area (Å²) in [5, 5.41) is 3.18. The third-order valence-corrected chi connectivity index (χ3v) is 4.75. The molecule has 1 N–H and O–H groups in total. The number of hydrogen-bond donors (Lipinski definition) is 1. The molecule has 1 atom stereocenters. The van der Waals surface area contributed by atoms with E-state index in [1.54, 1.807) is 6.07 Å². The normalized spacial score (nSPS) is 12.4. The average molecular weight is 289 g/mol. The molecule has 0 saturated carbocycles. The summed E-state index contributed by atoms with van der Waals surface area (Å²) >= 11 is 1.51. The Labute approximate surface area is 124 Å². The quantitative estimate of drug-likeness (QED) is 0.861. The number of aryl methyl sites for hydroxylation is 2. The second-order valence-electron chi connectivity index (χ2n) is 5.04. The van der Waals surface area contributed by atoms with Crippen molar-refractivity contribution in [3.05, 3.63) is 58.9 Å². The highest BCUT2D eigenvalue weighted by molar-refractivity contribution is 7.99. The minimum Gasteiger partial charge on any atom is -0.313 e. The monoisotopic (exact) mass is 289 g/mol. The van der Waals surface area contributed by atoms with Crippen LogP contribution in [0.5, 0.6) is 0 Å². The molecular formula is C17H20FNS. The first-order valence-electron chi connectivity index (χ1n) is 6.73. The molecule has 0 radical (unpaired) electrons. The van der Waals surface area contributed by atoms with Gasteiger partial charge in [-0.15, -0.1) is 0 Å². The molecule has 2 aromatic carbocycles. The van der Waals surface area contributed by atoms with Crippen molar-refractivity contribution in [1.82, 2.24) is 5.32 Å². The molecule has 20 heavy (non-hydrogen) atoms. The highest BCUT2D eigenvalue weighted by Gasteiger charge is 2.15. The van der Waals surface area contributed by atoms with Crippen LogP contribution in [0, 0.1) is 19.7 Å². The molecule has 2 aromatic rings. The second kappa shape index (κ2) is 6.42. The van der Waals surface area contributed by atoms with Crippen molar-refractivity contribution >= 4 is 11.8 Å². The minimum atomic E-state index is -0.157. The Balaban J connectivity index is 2.45. The maximum absolute atomic E-state index is 14.2. The molecule has 3 heteroatoms. The predicted octanol–water partition coefficient (Wildman–Crippen LogP) is 4.87. The zero-order chi connectivity index (χ0) is 14.7. The molecule has 2 rings (SSSR count). The summed E-state index contributed by atoms with van der Waals surface area (Å²) in [6, 6.07) is 11.7. The van der Waals surface area contributed by atoms with E-state index in [1.165, 1.54) is 29.0 Å². The molecule has 0 aromatic heterocycles. The van der Waals surface area contributed by atoms with E-state index in [0.717, 1.165) is 10.5 Å². The molecule has 1 unspecified atom stereocenters. The Morgan fingerprint density at radius 2 is 1.90 bits per heavy atom. The van der Waals surface area contributed by atoms with Gasteiger partial charge in [-0.2, -0.15) is 0 Å². The fraction of sp³-hybridized carbons (Fsp3) is 0.294. The van der Waals surface area contributed by atoms with Gasteiger partial charge in [0, 0.05) is 10.9 Å². The Bertz CT molecular complexity index is 610. The number of rotatable bonds is 4. The third kappa shape index (κ3) is 3.22. The Kier molecular flexibility index (Phi) is 4.84. The predicted molar refractivity (Wildman–Crippen MR) is 83.9 cm³/mol. The largest absolute Gasteiger partial charge is 0.313 e. The molecule has 0 spiro atoms. The van der Waals surface area contributed by atoms with Crippen molar-refractivity contribution in [3.63, 3.8) is 0 Å². The molecule has 0 aliphatic heterocycles. The average Bonchev–Trinajstić information content (AvgIpc) is 2.44. The van der Waals surface area contributed by atoms with Gasteiger partial charge in [0.2, 0.25) is 0 Å². The molecule has 0 aliphatic rings. The van der Waals surface area contributed by atoms with Crippen LogP contribution in [0.4, 0.5) is 4.39 Å². The molecular weight excluding hydrogens is 269 g/mol. The van der Waals surface area contributed by atoms with Crippen molar-refractivity contribution in [3.8, 4) is 0 Å². The first-order valence-corrected chi connectivity index (χ1v) is 7.55. The summed E-state index contributed by atoms with van der Waals surface area (Å²) in [7, 11) is 1.89. The van der Waals surface area contributed by atoms with Gasteiger partial charge in [0.15, 0.2) is 0 Å². The fourth-order valence-corrected chi connectivity index (χ4v) is 3.28. The number of benzene rings is 2. The topological polar surface area (TPSA) is 12.0 Å². The van der Waals surface area contributed by atoms with E-state index in [1.807, 2.05) is 20.0 Å². The zero-order valence-electron chi connectivity index (χ0n) is 12.3. The van der Waals surface area contributed by atoms with Crippen molar-refractivity contribution in [2.75, 3.05) is 7.05 Å². The maximum atomic E-state index is 14.2. The minimum absolute atomic E-state index is 0.123. The Morgan fingerprint density at radius 3 is 2.60 bits per heavy atom. The van der Waals surface area contributed by atoms with Gasteiger partial charge >= 0.3 is 0 Å². The van der Waals surface area contributed by atoms with Gasteiger partial charge in [-0.3, -0.25) is 0 Å². The molecule has 0 heterocycles. The number of hydrogen-bond acceptors (Lipinski definition) is 2. The molecule has 0 aliphatic carbocycles. The summed E-state index contributed by atoms with van der Waals surface area (Å²) in [5.74, 6) is -0.157. The van der Waals surface area contributed by atoms with Crippen molar-refractivity contribution < 1.29 is 4.39 Å². The number of nitrogens with one attached hydrogen (secondary N) is 1. The smallest absolute Gasteiger partial charge is 0.137 e. The van der Waals surface area contributed by atoms with Gasteiger partial charge in [-0.25, -0.2) is 4.39 Å². The van der Waals surface area contributed by atoms with Crippen LogP contribution in [0.25, 0.3) is 0 Å². The van der Waals surface area contributed by atoms with Crippen LogP contribution in [-0.2, 0) is 0 Å². The van der Waals surface area contributed by atoms with E-state index in [4.69, 9.17) is 0 Å². The first-order chi connectivity index (χ1) is 9.52. The highest BCUT2D eigenvalue weighted by atomic mass is 32.2. The van der Waals surface area contributed by atoms with Gasteiger partial charge in [0.25, 0.3) is 0 Å². The van der Waals surface area contributed by atoms with Gasteiger partial charge in [-0.1, -0.05) is 36.0 Å². The SMILES string of the molecule is CNC(C)c1cccc(F)c1Sc1cc(C)ccc1C. The first kappa shape index (κ1) is 15.1. The molecule has 0 fully saturated rings. The van der Waals surface area contributed by atoms with Crippen LogP contribution in [-0.4, -0.2) is 7.05 Å². The summed E-state index contributed by atoms with van der Waals surface area (Å²) < 4.78 is 14.2. The van der Waals surface area contributed by atoms with Gasteiger partial charge < -0.3 is 5.32 Å². The van der Waals surface area contributed by atoms with Crippen molar-refractivity contribution in [2.45, 2.75) is 36.6 Å². The van der Waals surface area contributed by atoms with Crippen molar-refractivity contribution in [2.24, 2.45) is 0 Å². The van der Waals surface area contributed by atoms with Crippen LogP contribution in [0.15, 0.2) is 46.2 Å². The van der Waals surface area contributed by atoms with E-state index in [0.29, 0.717) is 4.90 Å². The lowest BCUT2D eigenvalue weighted by molar-refractivity contribution is 0.576. The number of halogens is 1. The second-order valence-corrected chi connectivity index (χ2v) is 6.09. The van der Waals surface area contributed by atoms with Crippen LogP contribution >= 0.6 is 11.8 Å². The van der Waals surface area contributed by atoms with Gasteiger partial charge in [-0.05, 0) is 56.6 Å². The Hall–Kier alpha value is -1.32. The van der Waals surface area contributed by atoms with E-state index >= 15 is 0 Å². The van der Waals surface area contributed by atoms with E-state index in [2.05, 4.69) is 37.4 Å². The van der Waals surface area contributed by atoms with Crippen LogP contribution in [0.2, 0.25) is 0 Å². The molecule has 0 saturated heterocycles. The molecule has 0 bridgehead atoms. The third-order valence-electron chi connectivity index (χ3n) is 3.45. The zero-order valence-corrected chi connectivity index (χ0v) is 13.1.